The zero-order valence-corrected chi connectivity index (χ0v) is 23.0. The molecule has 0 saturated heterocycles. The van der Waals surface area contributed by atoms with Crippen LogP contribution in [0.2, 0.25) is 0 Å². The van der Waals surface area contributed by atoms with Gasteiger partial charge in [-0.3, -0.25) is 0 Å². The summed E-state index contributed by atoms with van der Waals surface area (Å²) in [4.78, 5) is 0. The largest absolute Gasteiger partial charge is 0.0654 e. The first kappa shape index (κ1) is 23.6. The Morgan fingerprint density at radius 1 is 0.647 bits per heavy atom. The molecule has 1 aliphatic carbocycles. The van der Waals surface area contributed by atoms with Crippen molar-refractivity contribution in [3.8, 4) is 22.3 Å². The summed E-state index contributed by atoms with van der Waals surface area (Å²) in [7, 11) is 0. The lowest BCUT2D eigenvalue weighted by Gasteiger charge is -2.29. The Labute approximate surface area is 220 Å². The average molecular weight is 574 g/mol. The van der Waals surface area contributed by atoms with Gasteiger partial charge in [0, 0.05) is 14.4 Å². The predicted octanol–water partition coefficient (Wildman–Crippen LogP) is 10.3. The topological polar surface area (TPSA) is 0 Å². The van der Waals surface area contributed by atoms with Crippen LogP contribution in [0.25, 0.3) is 22.3 Å². The Morgan fingerprint density at radius 3 is 1.91 bits per heavy atom. The molecule has 0 spiro atoms. The van der Waals surface area contributed by atoms with Crippen molar-refractivity contribution in [2.75, 3.05) is 0 Å². The van der Waals surface area contributed by atoms with Gasteiger partial charge in [-0.25, -0.2) is 0 Å². The second-order valence-corrected chi connectivity index (χ2v) is 11.4. The average Bonchev–Trinajstić information content (AvgIpc) is 3.10. The number of fused-ring (bicyclic) bond motifs is 3. The minimum atomic E-state index is -0.193. The van der Waals surface area contributed by atoms with Crippen molar-refractivity contribution >= 4 is 31.9 Å². The van der Waals surface area contributed by atoms with Crippen LogP contribution in [0.5, 0.6) is 0 Å². The SMILES string of the molecule is CCCCCCc1ccc(-c2cccc(C3(C)c4ccc(Br)cc4-c4cc(Br)ccc43)c2)cc1. The highest BCUT2D eigenvalue weighted by molar-refractivity contribution is 9.10. The van der Waals surface area contributed by atoms with Crippen molar-refractivity contribution in [3.05, 3.63) is 116 Å². The zero-order chi connectivity index (χ0) is 23.7. The third kappa shape index (κ3) is 4.32. The second-order valence-electron chi connectivity index (χ2n) is 9.59. The molecule has 0 unspecified atom stereocenters. The summed E-state index contributed by atoms with van der Waals surface area (Å²) in [6, 6.07) is 31.8. The van der Waals surface area contributed by atoms with E-state index >= 15 is 0 Å². The molecule has 172 valence electrons. The molecule has 4 aromatic rings. The van der Waals surface area contributed by atoms with E-state index in [4.69, 9.17) is 0 Å². The minimum absolute atomic E-state index is 0.193. The summed E-state index contributed by atoms with van der Waals surface area (Å²) in [5.74, 6) is 0. The van der Waals surface area contributed by atoms with Crippen molar-refractivity contribution in [2.24, 2.45) is 0 Å². The molecule has 0 N–H and O–H groups in total. The molecule has 0 atom stereocenters. The van der Waals surface area contributed by atoms with Gasteiger partial charge in [0.05, 0.1) is 0 Å². The van der Waals surface area contributed by atoms with Crippen LogP contribution in [0.3, 0.4) is 0 Å². The highest BCUT2D eigenvalue weighted by Crippen LogP contribution is 2.53. The number of rotatable bonds is 7. The molecule has 0 bridgehead atoms. The lowest BCUT2D eigenvalue weighted by Crippen LogP contribution is -2.22. The first-order valence-electron chi connectivity index (χ1n) is 12.3. The maximum atomic E-state index is 3.69. The molecule has 0 heterocycles. The monoisotopic (exact) mass is 572 g/mol. The molecule has 5 rings (SSSR count). The molecule has 0 saturated carbocycles. The lowest BCUT2D eigenvalue weighted by molar-refractivity contribution is 0.667. The molecule has 0 nitrogen and oxygen atoms in total. The summed E-state index contributed by atoms with van der Waals surface area (Å²) in [5.41, 5.74) is 10.5. The van der Waals surface area contributed by atoms with Gasteiger partial charge in [0.15, 0.2) is 0 Å². The number of unbranched alkanes of at least 4 members (excludes halogenated alkanes) is 3. The number of hydrogen-bond acceptors (Lipinski definition) is 0. The quantitative estimate of drug-likeness (QED) is 0.193. The molecule has 0 aromatic heterocycles. The van der Waals surface area contributed by atoms with Crippen molar-refractivity contribution in [2.45, 2.75) is 51.4 Å². The lowest BCUT2D eigenvalue weighted by atomic mass is 9.74. The molecule has 0 amide bonds. The van der Waals surface area contributed by atoms with Crippen molar-refractivity contribution in [3.63, 3.8) is 0 Å². The van der Waals surface area contributed by atoms with E-state index in [1.807, 2.05) is 0 Å². The highest BCUT2D eigenvalue weighted by atomic mass is 79.9. The number of hydrogen-bond donors (Lipinski definition) is 0. The van der Waals surface area contributed by atoms with Crippen LogP contribution in [-0.2, 0) is 11.8 Å². The van der Waals surface area contributed by atoms with Gasteiger partial charge < -0.3 is 0 Å². The van der Waals surface area contributed by atoms with Crippen LogP contribution in [0.4, 0.5) is 0 Å². The molecule has 4 aromatic carbocycles. The van der Waals surface area contributed by atoms with Gasteiger partial charge in [-0.1, -0.05) is 113 Å². The first-order chi connectivity index (χ1) is 16.5. The number of aryl methyl sites for hydroxylation is 1. The smallest absolute Gasteiger partial charge is 0.0435 e. The molecule has 34 heavy (non-hydrogen) atoms. The maximum absolute atomic E-state index is 3.69. The van der Waals surface area contributed by atoms with E-state index in [1.54, 1.807) is 0 Å². The Kier molecular flexibility index (Phi) is 6.82. The van der Waals surface area contributed by atoms with Gasteiger partial charge in [0.2, 0.25) is 0 Å². The third-order valence-electron chi connectivity index (χ3n) is 7.38. The van der Waals surface area contributed by atoms with E-state index in [1.165, 1.54) is 76.6 Å². The maximum Gasteiger partial charge on any atom is 0.0435 e. The van der Waals surface area contributed by atoms with E-state index in [9.17, 15) is 0 Å². The molecule has 2 heteroatoms. The highest BCUT2D eigenvalue weighted by Gasteiger charge is 2.41. The Balaban J connectivity index is 1.52. The van der Waals surface area contributed by atoms with E-state index in [0.717, 1.165) is 8.95 Å². The minimum Gasteiger partial charge on any atom is -0.0654 e. The van der Waals surface area contributed by atoms with Crippen LogP contribution in [0, 0.1) is 0 Å². The predicted molar refractivity (Wildman–Crippen MR) is 153 cm³/mol. The third-order valence-corrected chi connectivity index (χ3v) is 8.36. The summed E-state index contributed by atoms with van der Waals surface area (Å²) in [6.07, 6.45) is 6.42. The van der Waals surface area contributed by atoms with Crippen LogP contribution in [-0.4, -0.2) is 0 Å². The Bertz CT molecular complexity index is 1270. The van der Waals surface area contributed by atoms with Crippen molar-refractivity contribution in [1.29, 1.82) is 0 Å². The van der Waals surface area contributed by atoms with E-state index in [0.29, 0.717) is 0 Å². The van der Waals surface area contributed by atoms with Gasteiger partial charge in [-0.2, -0.15) is 0 Å². The summed E-state index contributed by atoms with van der Waals surface area (Å²) in [6.45, 7) is 4.64. The molecular weight excluding hydrogens is 544 g/mol. The van der Waals surface area contributed by atoms with E-state index in [2.05, 4.69) is 131 Å². The van der Waals surface area contributed by atoms with Crippen LogP contribution < -0.4 is 0 Å². The standard InChI is InChI=1S/C32H30Br2/c1-3-4-5-6-8-22-11-13-23(14-12-22)24-9-7-10-25(19-24)32(2)30-17-15-26(33)20-28(30)29-21-27(34)16-18-31(29)32/h7,9-21H,3-6,8H2,1-2H3. The van der Waals surface area contributed by atoms with Crippen LogP contribution >= 0.6 is 31.9 Å². The molecule has 0 radical (unpaired) electrons. The molecule has 0 aliphatic heterocycles. The van der Waals surface area contributed by atoms with Crippen molar-refractivity contribution < 1.29 is 0 Å². The molecule has 1 aliphatic rings. The summed E-state index contributed by atoms with van der Waals surface area (Å²) < 4.78 is 2.23. The fourth-order valence-corrected chi connectivity index (χ4v) is 6.16. The van der Waals surface area contributed by atoms with Gasteiger partial charge >= 0.3 is 0 Å². The fourth-order valence-electron chi connectivity index (χ4n) is 5.44. The first-order valence-corrected chi connectivity index (χ1v) is 13.9. The molecular formula is C32H30Br2. The fraction of sp³-hybridized carbons (Fsp3) is 0.250. The van der Waals surface area contributed by atoms with Crippen molar-refractivity contribution in [1.82, 2.24) is 0 Å². The number of benzene rings is 4. The zero-order valence-electron chi connectivity index (χ0n) is 19.9. The Hall–Kier alpha value is -2.16. The molecule has 0 fully saturated rings. The van der Waals surface area contributed by atoms with Gasteiger partial charge in [0.25, 0.3) is 0 Å². The van der Waals surface area contributed by atoms with E-state index in [-0.39, 0.29) is 5.41 Å². The summed E-state index contributed by atoms with van der Waals surface area (Å²) in [5, 5.41) is 0. The second kappa shape index (κ2) is 9.84. The van der Waals surface area contributed by atoms with Gasteiger partial charge in [0.1, 0.15) is 0 Å². The normalized spacial score (nSPS) is 13.5. The number of halogens is 2. The van der Waals surface area contributed by atoms with Crippen LogP contribution in [0.1, 0.15) is 61.8 Å². The van der Waals surface area contributed by atoms with Gasteiger partial charge in [-0.15, -0.1) is 0 Å². The van der Waals surface area contributed by atoms with E-state index < -0.39 is 0 Å². The Morgan fingerprint density at radius 2 is 1.29 bits per heavy atom. The van der Waals surface area contributed by atoms with Gasteiger partial charge in [-0.05, 0) is 94.6 Å². The van der Waals surface area contributed by atoms with Crippen LogP contribution in [0.15, 0.2) is 93.9 Å². The summed E-state index contributed by atoms with van der Waals surface area (Å²) >= 11 is 7.38.